The normalized spacial score (nSPS) is 10.6. The SMILES string of the molecule is COc1cc(/C=N/NC(=O)c2cccc([N+](=O)[O-])c2)ccc1OCc1ccc(Cl)cc1. The Morgan fingerprint density at radius 1 is 1.13 bits per heavy atom. The lowest BCUT2D eigenvalue weighted by molar-refractivity contribution is -0.384. The second-order valence-corrected chi connectivity index (χ2v) is 6.77. The van der Waals surface area contributed by atoms with Gasteiger partial charge < -0.3 is 9.47 Å². The summed E-state index contributed by atoms with van der Waals surface area (Å²) in [5.41, 5.74) is 3.93. The Morgan fingerprint density at radius 2 is 1.90 bits per heavy atom. The maximum absolute atomic E-state index is 12.1. The molecule has 0 spiro atoms. The molecule has 3 rings (SSSR count). The average molecular weight is 440 g/mol. The van der Waals surface area contributed by atoms with E-state index in [1.807, 2.05) is 12.1 Å². The molecule has 8 nitrogen and oxygen atoms in total. The van der Waals surface area contributed by atoms with Crippen LogP contribution in [0.1, 0.15) is 21.5 Å². The van der Waals surface area contributed by atoms with E-state index in [-0.39, 0.29) is 11.3 Å². The highest BCUT2D eigenvalue weighted by atomic mass is 35.5. The number of hydrogen-bond acceptors (Lipinski definition) is 6. The summed E-state index contributed by atoms with van der Waals surface area (Å²) in [4.78, 5) is 22.4. The summed E-state index contributed by atoms with van der Waals surface area (Å²) in [6.45, 7) is 0.347. The van der Waals surface area contributed by atoms with Crippen molar-refractivity contribution in [1.29, 1.82) is 0 Å². The van der Waals surface area contributed by atoms with Gasteiger partial charge in [-0.25, -0.2) is 5.43 Å². The van der Waals surface area contributed by atoms with Gasteiger partial charge in [0.2, 0.25) is 0 Å². The Morgan fingerprint density at radius 3 is 2.61 bits per heavy atom. The summed E-state index contributed by atoms with van der Waals surface area (Å²) < 4.78 is 11.2. The second kappa shape index (κ2) is 10.2. The van der Waals surface area contributed by atoms with Crippen LogP contribution in [0.15, 0.2) is 71.8 Å². The number of nitrogens with zero attached hydrogens (tertiary/aromatic N) is 2. The van der Waals surface area contributed by atoms with Gasteiger partial charge >= 0.3 is 0 Å². The van der Waals surface area contributed by atoms with E-state index in [1.165, 1.54) is 37.6 Å². The molecule has 3 aromatic carbocycles. The molecule has 31 heavy (non-hydrogen) atoms. The molecule has 1 N–H and O–H groups in total. The number of non-ortho nitro benzene ring substituents is 1. The largest absolute Gasteiger partial charge is 0.493 e. The fourth-order valence-electron chi connectivity index (χ4n) is 2.62. The minimum Gasteiger partial charge on any atom is -0.493 e. The zero-order valence-electron chi connectivity index (χ0n) is 16.4. The summed E-state index contributed by atoms with van der Waals surface area (Å²) in [6.07, 6.45) is 1.43. The zero-order valence-corrected chi connectivity index (χ0v) is 17.2. The van der Waals surface area contributed by atoms with Gasteiger partial charge in [-0.05, 0) is 47.5 Å². The van der Waals surface area contributed by atoms with Crippen molar-refractivity contribution in [2.24, 2.45) is 5.10 Å². The van der Waals surface area contributed by atoms with Gasteiger partial charge in [-0.1, -0.05) is 29.8 Å². The number of hydrogen-bond donors (Lipinski definition) is 1. The quantitative estimate of drug-likeness (QED) is 0.314. The lowest BCUT2D eigenvalue weighted by Crippen LogP contribution is -2.17. The summed E-state index contributed by atoms with van der Waals surface area (Å²) in [7, 11) is 1.52. The van der Waals surface area contributed by atoms with Gasteiger partial charge in [-0.2, -0.15) is 5.10 Å². The number of nitro groups is 1. The van der Waals surface area contributed by atoms with Crippen molar-refractivity contribution >= 4 is 29.4 Å². The van der Waals surface area contributed by atoms with Crippen molar-refractivity contribution in [3.05, 3.63) is 98.6 Å². The van der Waals surface area contributed by atoms with E-state index in [2.05, 4.69) is 10.5 Å². The van der Waals surface area contributed by atoms with Crippen molar-refractivity contribution in [1.82, 2.24) is 5.43 Å². The topological polar surface area (TPSA) is 103 Å². The number of nitrogens with one attached hydrogen (secondary N) is 1. The predicted molar refractivity (Wildman–Crippen MR) is 117 cm³/mol. The van der Waals surface area contributed by atoms with Crippen LogP contribution in [0.25, 0.3) is 0 Å². The van der Waals surface area contributed by atoms with Gasteiger partial charge in [0, 0.05) is 22.7 Å². The fourth-order valence-corrected chi connectivity index (χ4v) is 2.74. The van der Waals surface area contributed by atoms with Crippen molar-refractivity contribution < 1.29 is 19.2 Å². The molecule has 0 aliphatic carbocycles. The molecule has 0 aromatic heterocycles. The van der Waals surface area contributed by atoms with E-state index in [1.54, 1.807) is 30.3 Å². The molecule has 0 aliphatic rings. The molecule has 0 saturated carbocycles. The second-order valence-electron chi connectivity index (χ2n) is 6.33. The van der Waals surface area contributed by atoms with Gasteiger partial charge in [0.1, 0.15) is 6.61 Å². The molecule has 0 radical (unpaired) electrons. The van der Waals surface area contributed by atoms with Crippen LogP contribution < -0.4 is 14.9 Å². The molecule has 0 fully saturated rings. The van der Waals surface area contributed by atoms with Gasteiger partial charge in [0.05, 0.1) is 18.2 Å². The zero-order chi connectivity index (χ0) is 22.2. The van der Waals surface area contributed by atoms with Crippen molar-refractivity contribution in [2.45, 2.75) is 6.61 Å². The number of rotatable bonds is 8. The van der Waals surface area contributed by atoms with E-state index in [4.69, 9.17) is 21.1 Å². The van der Waals surface area contributed by atoms with Crippen molar-refractivity contribution in [3.63, 3.8) is 0 Å². The third-order valence-corrected chi connectivity index (χ3v) is 4.45. The Hall–Kier alpha value is -3.91. The van der Waals surface area contributed by atoms with Crippen LogP contribution in [0.5, 0.6) is 11.5 Å². The van der Waals surface area contributed by atoms with Gasteiger partial charge in [0.15, 0.2) is 11.5 Å². The van der Waals surface area contributed by atoms with Gasteiger partial charge in [-0.15, -0.1) is 0 Å². The minimum absolute atomic E-state index is 0.134. The molecule has 3 aromatic rings. The van der Waals surface area contributed by atoms with Crippen LogP contribution in [0.3, 0.4) is 0 Å². The highest BCUT2D eigenvalue weighted by molar-refractivity contribution is 6.30. The summed E-state index contributed by atoms with van der Waals surface area (Å²) in [5, 5.41) is 15.4. The minimum atomic E-state index is -0.567. The van der Waals surface area contributed by atoms with Crippen LogP contribution in [0.2, 0.25) is 5.02 Å². The highest BCUT2D eigenvalue weighted by Gasteiger charge is 2.11. The molecule has 0 aliphatic heterocycles. The van der Waals surface area contributed by atoms with Crippen LogP contribution in [-0.4, -0.2) is 24.2 Å². The van der Waals surface area contributed by atoms with Crippen LogP contribution in [0, 0.1) is 10.1 Å². The smallest absolute Gasteiger partial charge is 0.271 e. The Balaban J connectivity index is 1.63. The van der Waals surface area contributed by atoms with E-state index in [0.717, 1.165) is 5.56 Å². The monoisotopic (exact) mass is 439 g/mol. The van der Waals surface area contributed by atoms with Gasteiger partial charge in [0.25, 0.3) is 11.6 Å². The summed E-state index contributed by atoms with van der Waals surface area (Å²) in [6, 6.07) is 17.9. The number of carbonyl (C=O) groups is 1. The Bertz CT molecular complexity index is 1120. The van der Waals surface area contributed by atoms with Crippen molar-refractivity contribution in [2.75, 3.05) is 7.11 Å². The van der Waals surface area contributed by atoms with E-state index < -0.39 is 10.8 Å². The number of benzene rings is 3. The Kier molecular flexibility index (Phi) is 7.18. The number of carbonyl (C=O) groups excluding carboxylic acids is 1. The molecular weight excluding hydrogens is 422 g/mol. The first-order valence-electron chi connectivity index (χ1n) is 9.09. The third-order valence-electron chi connectivity index (χ3n) is 4.19. The standard InChI is InChI=1S/C22H18ClN3O5/c1-30-21-11-16(7-10-20(21)31-14-15-5-8-18(23)9-6-15)13-24-25-22(27)17-3-2-4-19(12-17)26(28)29/h2-13H,14H2,1H3,(H,25,27)/b24-13+. The molecule has 1 amide bonds. The lowest BCUT2D eigenvalue weighted by atomic mass is 10.2. The molecule has 0 saturated heterocycles. The highest BCUT2D eigenvalue weighted by Crippen LogP contribution is 2.28. The molecule has 9 heteroatoms. The maximum atomic E-state index is 12.1. The average Bonchev–Trinajstić information content (AvgIpc) is 2.79. The Labute approximate surface area is 183 Å². The third kappa shape index (κ3) is 6.03. The molecular formula is C22H18ClN3O5. The number of amides is 1. The number of hydrazone groups is 1. The van der Waals surface area contributed by atoms with Gasteiger partial charge in [-0.3, -0.25) is 14.9 Å². The lowest BCUT2D eigenvalue weighted by Gasteiger charge is -2.11. The molecule has 158 valence electrons. The van der Waals surface area contributed by atoms with E-state index >= 15 is 0 Å². The van der Waals surface area contributed by atoms with E-state index in [0.29, 0.717) is 28.7 Å². The van der Waals surface area contributed by atoms with Crippen LogP contribution >= 0.6 is 11.6 Å². The number of methoxy groups -OCH3 is 1. The summed E-state index contributed by atoms with van der Waals surface area (Å²) in [5.74, 6) is 0.494. The first-order chi connectivity index (χ1) is 15.0. The summed E-state index contributed by atoms with van der Waals surface area (Å²) >= 11 is 5.88. The molecule has 0 unspecified atom stereocenters. The molecule has 0 bridgehead atoms. The first-order valence-corrected chi connectivity index (χ1v) is 9.47. The molecule has 0 atom stereocenters. The van der Waals surface area contributed by atoms with Crippen LogP contribution in [-0.2, 0) is 6.61 Å². The van der Waals surface area contributed by atoms with Crippen molar-refractivity contribution in [3.8, 4) is 11.5 Å². The van der Waals surface area contributed by atoms with E-state index in [9.17, 15) is 14.9 Å². The van der Waals surface area contributed by atoms with Crippen LogP contribution in [0.4, 0.5) is 5.69 Å². The number of nitro benzene ring substituents is 1. The first kappa shape index (κ1) is 21.8. The number of halogens is 1. The maximum Gasteiger partial charge on any atom is 0.271 e. The number of ether oxygens (including phenoxy) is 2. The predicted octanol–water partition coefficient (Wildman–Crippen LogP) is 4.60. The fraction of sp³-hybridized carbons (Fsp3) is 0.0909. The molecule has 0 heterocycles.